The maximum Gasteiger partial charge on any atom is 0.251 e. The first kappa shape index (κ1) is 23.4. The second-order valence-electron chi connectivity index (χ2n) is 8.24. The average molecular weight is 468 g/mol. The molecule has 6 nitrogen and oxygen atoms in total. The summed E-state index contributed by atoms with van der Waals surface area (Å²) in [6.45, 7) is 0.148. The van der Waals surface area contributed by atoms with E-state index >= 15 is 0 Å². The molecule has 0 saturated carbocycles. The third-order valence-electron chi connectivity index (χ3n) is 5.95. The van der Waals surface area contributed by atoms with Crippen molar-refractivity contribution in [2.24, 2.45) is 5.73 Å². The first-order valence-electron chi connectivity index (χ1n) is 10.7. The van der Waals surface area contributed by atoms with Crippen molar-refractivity contribution in [2.45, 2.75) is 31.5 Å². The van der Waals surface area contributed by atoms with Crippen LogP contribution in [0, 0.1) is 17.5 Å². The summed E-state index contributed by atoms with van der Waals surface area (Å²) < 4.78 is 40.9. The number of likely N-dealkylation sites (N-methyl/N-ethyl adjacent to an activating group) is 1. The van der Waals surface area contributed by atoms with Gasteiger partial charge in [0.25, 0.3) is 5.91 Å². The topological polar surface area (TPSA) is 79.5 Å². The van der Waals surface area contributed by atoms with Gasteiger partial charge in [-0.3, -0.25) is 14.5 Å². The summed E-state index contributed by atoms with van der Waals surface area (Å²) in [5.74, 6) is -2.10. The van der Waals surface area contributed by atoms with Crippen molar-refractivity contribution in [2.75, 3.05) is 11.9 Å². The van der Waals surface area contributed by atoms with Crippen molar-refractivity contribution < 1.29 is 22.8 Å². The first-order chi connectivity index (χ1) is 16.2. The average Bonchev–Trinajstić information content (AvgIpc) is 2.83. The fraction of sp³-hybridized carbons (Fsp3) is 0.240. The highest BCUT2D eigenvalue weighted by Crippen LogP contribution is 2.30. The highest BCUT2D eigenvalue weighted by atomic mass is 19.1. The van der Waals surface area contributed by atoms with Gasteiger partial charge in [0.1, 0.15) is 29.3 Å². The monoisotopic (exact) mass is 468 g/mol. The van der Waals surface area contributed by atoms with Crippen LogP contribution in [-0.2, 0) is 22.6 Å². The van der Waals surface area contributed by atoms with E-state index in [1.807, 2.05) is 6.07 Å². The lowest BCUT2D eigenvalue weighted by molar-refractivity contribution is -0.138. The van der Waals surface area contributed by atoms with E-state index in [2.05, 4.69) is 4.98 Å². The zero-order valence-corrected chi connectivity index (χ0v) is 18.4. The number of anilines is 1. The predicted octanol–water partition coefficient (Wildman–Crippen LogP) is 3.51. The summed E-state index contributed by atoms with van der Waals surface area (Å²) in [6.07, 6.45) is 1.51. The summed E-state index contributed by atoms with van der Waals surface area (Å²) in [5.41, 5.74) is 7.36. The van der Waals surface area contributed by atoms with Gasteiger partial charge in [0.15, 0.2) is 0 Å². The van der Waals surface area contributed by atoms with E-state index in [0.717, 1.165) is 23.8 Å². The van der Waals surface area contributed by atoms with Crippen LogP contribution in [0.25, 0.3) is 0 Å². The zero-order chi connectivity index (χ0) is 24.4. The van der Waals surface area contributed by atoms with Gasteiger partial charge in [0.05, 0.1) is 6.54 Å². The van der Waals surface area contributed by atoms with Crippen molar-refractivity contribution in [3.63, 3.8) is 0 Å². The van der Waals surface area contributed by atoms with Crippen LogP contribution in [0.15, 0.2) is 60.8 Å². The van der Waals surface area contributed by atoms with E-state index in [4.69, 9.17) is 5.73 Å². The summed E-state index contributed by atoms with van der Waals surface area (Å²) in [6, 6.07) is 10.3. The van der Waals surface area contributed by atoms with E-state index in [9.17, 15) is 22.8 Å². The quantitative estimate of drug-likeness (QED) is 0.601. The normalized spacial score (nSPS) is 16.2. The number of carbonyl (C=O) groups is 2. The molecular weight excluding hydrogens is 445 g/mol. The van der Waals surface area contributed by atoms with Crippen molar-refractivity contribution in [3.05, 3.63) is 94.9 Å². The Morgan fingerprint density at radius 3 is 2.59 bits per heavy atom. The number of fused-ring (bicyclic) bond motifs is 1. The Bertz CT molecular complexity index is 1220. The summed E-state index contributed by atoms with van der Waals surface area (Å²) in [7, 11) is 1.48. The maximum atomic E-state index is 14.1. The summed E-state index contributed by atoms with van der Waals surface area (Å²) >= 11 is 0. The Balaban J connectivity index is 1.55. The lowest BCUT2D eigenvalue weighted by Crippen LogP contribution is -2.53. The Morgan fingerprint density at radius 2 is 1.85 bits per heavy atom. The van der Waals surface area contributed by atoms with Gasteiger partial charge in [0.2, 0.25) is 5.91 Å². The minimum atomic E-state index is -1.08. The molecule has 0 bridgehead atoms. The van der Waals surface area contributed by atoms with Crippen molar-refractivity contribution in [1.29, 1.82) is 0 Å². The largest absolute Gasteiger partial charge is 0.333 e. The molecule has 0 spiro atoms. The SMILES string of the molecule is CN(C(=O)C[C@@H](N)c1cc(F)ccc1F)C1Cc2cccnc2N(Cc2ccc(F)cc2)C1=O. The van der Waals surface area contributed by atoms with Crippen LogP contribution in [0.4, 0.5) is 19.0 Å². The number of benzene rings is 2. The van der Waals surface area contributed by atoms with E-state index in [0.29, 0.717) is 11.4 Å². The van der Waals surface area contributed by atoms with E-state index in [-0.39, 0.29) is 36.7 Å². The summed E-state index contributed by atoms with van der Waals surface area (Å²) in [5, 5.41) is 0. The second-order valence-corrected chi connectivity index (χ2v) is 8.24. The zero-order valence-electron chi connectivity index (χ0n) is 18.4. The first-order valence-corrected chi connectivity index (χ1v) is 10.7. The molecular formula is C25H23F3N4O2. The molecule has 2 N–H and O–H groups in total. The molecule has 2 atom stereocenters. The molecule has 3 aromatic rings. The van der Waals surface area contributed by atoms with Crippen LogP contribution in [0.3, 0.4) is 0 Å². The summed E-state index contributed by atoms with van der Waals surface area (Å²) in [4.78, 5) is 33.5. The molecule has 1 aliphatic heterocycles. The number of hydrogen-bond acceptors (Lipinski definition) is 4. The molecule has 2 amide bonds. The lowest BCUT2D eigenvalue weighted by Gasteiger charge is -2.37. The third kappa shape index (κ3) is 4.79. The Hall–Kier alpha value is -3.72. The van der Waals surface area contributed by atoms with Gasteiger partial charge in [-0.2, -0.15) is 0 Å². The molecule has 4 rings (SSSR count). The standard InChI is InChI=1S/C25H23F3N4O2/c1-31(23(33)13-21(29)19-12-18(27)8-9-20(19)28)22-11-16-3-2-10-30-24(16)32(25(22)34)14-15-4-6-17(26)7-5-15/h2-10,12,21-22H,11,13-14,29H2,1H3/t21-,22?/m1/s1. The molecule has 0 radical (unpaired) electrons. The Kier molecular flexibility index (Phi) is 6.65. The molecule has 0 aliphatic carbocycles. The molecule has 0 fully saturated rings. The van der Waals surface area contributed by atoms with Crippen molar-refractivity contribution >= 4 is 17.6 Å². The van der Waals surface area contributed by atoms with Gasteiger partial charge in [-0.25, -0.2) is 18.2 Å². The van der Waals surface area contributed by atoms with Crippen LogP contribution < -0.4 is 10.6 Å². The lowest BCUT2D eigenvalue weighted by atomic mass is 9.97. The predicted molar refractivity (Wildman–Crippen MR) is 120 cm³/mol. The number of pyridine rings is 1. The highest BCUT2D eigenvalue weighted by Gasteiger charge is 2.38. The highest BCUT2D eigenvalue weighted by molar-refractivity contribution is 6.01. The van der Waals surface area contributed by atoms with Gasteiger partial charge in [-0.05, 0) is 47.5 Å². The Labute approximate surface area is 194 Å². The molecule has 1 aliphatic rings. The van der Waals surface area contributed by atoms with Gasteiger partial charge in [-0.1, -0.05) is 18.2 Å². The van der Waals surface area contributed by atoms with Crippen LogP contribution in [-0.4, -0.2) is 34.8 Å². The number of amides is 2. The molecule has 1 aromatic heterocycles. The number of rotatable bonds is 6. The maximum absolute atomic E-state index is 14.1. The van der Waals surface area contributed by atoms with Crippen LogP contribution in [0.5, 0.6) is 0 Å². The number of carbonyl (C=O) groups excluding carboxylic acids is 2. The van der Waals surface area contributed by atoms with Gasteiger partial charge < -0.3 is 10.6 Å². The Morgan fingerprint density at radius 1 is 1.15 bits per heavy atom. The molecule has 176 valence electrons. The fourth-order valence-electron chi connectivity index (χ4n) is 4.05. The molecule has 2 aromatic carbocycles. The molecule has 0 saturated heterocycles. The number of nitrogens with zero attached hydrogens (tertiary/aromatic N) is 3. The molecule has 9 heteroatoms. The van der Waals surface area contributed by atoms with Crippen LogP contribution in [0.2, 0.25) is 0 Å². The molecule has 34 heavy (non-hydrogen) atoms. The fourth-order valence-corrected chi connectivity index (χ4v) is 4.05. The van der Waals surface area contributed by atoms with Crippen molar-refractivity contribution in [1.82, 2.24) is 9.88 Å². The number of halogens is 3. The van der Waals surface area contributed by atoms with Gasteiger partial charge in [-0.15, -0.1) is 0 Å². The molecule has 2 heterocycles. The van der Waals surface area contributed by atoms with E-state index in [1.54, 1.807) is 24.4 Å². The minimum Gasteiger partial charge on any atom is -0.333 e. The van der Waals surface area contributed by atoms with Crippen LogP contribution in [0.1, 0.15) is 29.2 Å². The van der Waals surface area contributed by atoms with Gasteiger partial charge >= 0.3 is 0 Å². The molecule has 1 unspecified atom stereocenters. The van der Waals surface area contributed by atoms with E-state index < -0.39 is 29.6 Å². The van der Waals surface area contributed by atoms with Gasteiger partial charge in [0, 0.05) is 37.7 Å². The van der Waals surface area contributed by atoms with E-state index in [1.165, 1.54) is 29.0 Å². The smallest absolute Gasteiger partial charge is 0.251 e. The second kappa shape index (κ2) is 9.64. The number of aromatic nitrogens is 1. The van der Waals surface area contributed by atoms with Crippen molar-refractivity contribution in [3.8, 4) is 0 Å². The van der Waals surface area contributed by atoms with Crippen LogP contribution >= 0.6 is 0 Å². The number of hydrogen-bond donors (Lipinski definition) is 1. The minimum absolute atomic E-state index is 0.107. The third-order valence-corrected chi connectivity index (χ3v) is 5.95. The number of nitrogens with two attached hydrogens (primary N) is 1.